The Morgan fingerprint density at radius 2 is 1.89 bits per heavy atom. The van der Waals surface area contributed by atoms with Gasteiger partial charge in [-0.15, -0.1) is 0 Å². The number of nitrogens with two attached hydrogens (primary N) is 1. The van der Waals surface area contributed by atoms with Crippen molar-refractivity contribution in [1.29, 1.82) is 0 Å². The van der Waals surface area contributed by atoms with E-state index >= 15 is 0 Å². The van der Waals surface area contributed by atoms with Crippen LogP contribution in [0.5, 0.6) is 0 Å². The first-order valence-corrected chi connectivity index (χ1v) is 6.42. The number of nitrogens with zero attached hydrogens (tertiary/aromatic N) is 1. The van der Waals surface area contributed by atoms with Gasteiger partial charge in [0.05, 0.1) is 6.61 Å². The zero-order valence-corrected chi connectivity index (χ0v) is 10.5. The van der Waals surface area contributed by atoms with Gasteiger partial charge >= 0.3 is 0 Å². The number of amides is 1. The quantitative estimate of drug-likeness (QED) is 0.843. The van der Waals surface area contributed by atoms with E-state index in [-0.39, 0.29) is 12.5 Å². The van der Waals surface area contributed by atoms with Crippen molar-refractivity contribution in [2.24, 2.45) is 11.7 Å². The van der Waals surface area contributed by atoms with Gasteiger partial charge in [0, 0.05) is 25.2 Å². The van der Waals surface area contributed by atoms with E-state index in [1.54, 1.807) is 0 Å². The van der Waals surface area contributed by atoms with Gasteiger partial charge in [0.1, 0.15) is 0 Å². The summed E-state index contributed by atoms with van der Waals surface area (Å²) in [5.74, 6) is 0.246. The van der Waals surface area contributed by atoms with E-state index in [0.717, 1.165) is 31.5 Å². The van der Waals surface area contributed by atoms with Crippen LogP contribution in [0.25, 0.3) is 0 Å². The maximum Gasteiger partial charge on any atom is 0.217 e. The Hall–Kier alpha value is -1.55. The van der Waals surface area contributed by atoms with Gasteiger partial charge in [-0.2, -0.15) is 0 Å². The highest BCUT2D eigenvalue weighted by Gasteiger charge is 2.20. The molecule has 98 valence electrons. The molecule has 0 aliphatic carbocycles. The molecule has 0 radical (unpaired) electrons. The Morgan fingerprint density at radius 1 is 1.28 bits per heavy atom. The Bertz CT molecular complexity index is 395. The number of carbonyl (C=O) groups is 1. The van der Waals surface area contributed by atoms with Crippen LogP contribution < -0.4 is 10.6 Å². The van der Waals surface area contributed by atoms with Gasteiger partial charge in [0.2, 0.25) is 5.91 Å². The molecule has 0 atom stereocenters. The standard InChI is InChI=1S/C14H20N2O2/c15-14(18)9-11-5-7-16(8-6-11)13-3-1-12(10-17)2-4-13/h1-4,11,17H,5-10H2,(H2,15,18). The summed E-state index contributed by atoms with van der Waals surface area (Å²) < 4.78 is 0. The maximum absolute atomic E-state index is 10.9. The third kappa shape index (κ3) is 3.23. The molecule has 0 bridgehead atoms. The summed E-state index contributed by atoms with van der Waals surface area (Å²) in [4.78, 5) is 13.2. The molecular weight excluding hydrogens is 228 g/mol. The molecule has 1 aliphatic heterocycles. The van der Waals surface area contributed by atoms with E-state index in [1.807, 2.05) is 24.3 Å². The fourth-order valence-electron chi connectivity index (χ4n) is 2.49. The minimum Gasteiger partial charge on any atom is -0.392 e. The van der Waals surface area contributed by atoms with Gasteiger partial charge in [-0.25, -0.2) is 0 Å². The van der Waals surface area contributed by atoms with Crippen molar-refractivity contribution >= 4 is 11.6 Å². The predicted octanol–water partition coefficient (Wildman–Crippen LogP) is 1.27. The molecule has 0 saturated carbocycles. The summed E-state index contributed by atoms with van der Waals surface area (Å²) in [5, 5.41) is 9.00. The molecule has 0 aromatic heterocycles. The van der Waals surface area contributed by atoms with Crippen LogP contribution in [-0.4, -0.2) is 24.1 Å². The lowest BCUT2D eigenvalue weighted by Gasteiger charge is -2.33. The topological polar surface area (TPSA) is 66.6 Å². The lowest BCUT2D eigenvalue weighted by molar-refractivity contribution is -0.119. The highest BCUT2D eigenvalue weighted by Crippen LogP contribution is 2.25. The smallest absolute Gasteiger partial charge is 0.217 e. The number of hydrogen-bond acceptors (Lipinski definition) is 3. The van der Waals surface area contributed by atoms with Crippen LogP contribution in [0, 0.1) is 5.92 Å². The molecule has 18 heavy (non-hydrogen) atoms. The summed E-state index contributed by atoms with van der Waals surface area (Å²) >= 11 is 0. The summed E-state index contributed by atoms with van der Waals surface area (Å²) in [7, 11) is 0. The van der Waals surface area contributed by atoms with Crippen LogP contribution in [0.1, 0.15) is 24.8 Å². The summed E-state index contributed by atoms with van der Waals surface area (Å²) in [5.41, 5.74) is 7.34. The molecular formula is C14H20N2O2. The second-order valence-electron chi connectivity index (χ2n) is 4.93. The number of aliphatic hydroxyl groups is 1. The van der Waals surface area contributed by atoms with Gasteiger partial charge in [0.25, 0.3) is 0 Å². The molecule has 0 spiro atoms. The number of benzene rings is 1. The first kappa shape index (κ1) is 12.9. The number of aliphatic hydroxyl groups excluding tert-OH is 1. The maximum atomic E-state index is 10.9. The van der Waals surface area contributed by atoms with Crippen molar-refractivity contribution in [3.63, 3.8) is 0 Å². The highest BCUT2D eigenvalue weighted by atomic mass is 16.3. The molecule has 4 nitrogen and oxygen atoms in total. The van der Waals surface area contributed by atoms with Crippen molar-refractivity contribution < 1.29 is 9.90 Å². The van der Waals surface area contributed by atoms with Gasteiger partial charge in [0.15, 0.2) is 0 Å². The van der Waals surface area contributed by atoms with E-state index in [1.165, 1.54) is 5.69 Å². The normalized spacial score (nSPS) is 16.8. The van der Waals surface area contributed by atoms with Crippen LogP contribution in [0.3, 0.4) is 0 Å². The van der Waals surface area contributed by atoms with Gasteiger partial charge in [-0.3, -0.25) is 4.79 Å². The third-order valence-electron chi connectivity index (χ3n) is 3.59. The average Bonchev–Trinajstić information content (AvgIpc) is 2.39. The van der Waals surface area contributed by atoms with E-state index in [9.17, 15) is 4.79 Å². The van der Waals surface area contributed by atoms with Crippen LogP contribution in [-0.2, 0) is 11.4 Å². The zero-order valence-electron chi connectivity index (χ0n) is 10.5. The molecule has 0 unspecified atom stereocenters. The summed E-state index contributed by atoms with van der Waals surface area (Å²) in [6.07, 6.45) is 2.55. The Labute approximate surface area is 107 Å². The number of rotatable bonds is 4. The van der Waals surface area contributed by atoms with Crippen molar-refractivity contribution in [3.8, 4) is 0 Å². The lowest BCUT2D eigenvalue weighted by Crippen LogP contribution is -2.35. The van der Waals surface area contributed by atoms with Crippen LogP contribution >= 0.6 is 0 Å². The van der Waals surface area contributed by atoms with E-state index in [4.69, 9.17) is 10.8 Å². The second-order valence-corrected chi connectivity index (χ2v) is 4.93. The minimum atomic E-state index is -0.194. The molecule has 1 amide bonds. The third-order valence-corrected chi connectivity index (χ3v) is 3.59. The number of piperidine rings is 1. The van der Waals surface area contributed by atoms with Gasteiger partial charge < -0.3 is 15.7 Å². The molecule has 2 rings (SSSR count). The Morgan fingerprint density at radius 3 is 2.39 bits per heavy atom. The molecule has 1 aromatic carbocycles. The zero-order chi connectivity index (χ0) is 13.0. The number of primary amides is 1. The molecule has 1 aliphatic rings. The molecule has 1 heterocycles. The Balaban J connectivity index is 1.90. The molecule has 1 fully saturated rings. The minimum absolute atomic E-state index is 0.0843. The van der Waals surface area contributed by atoms with Crippen molar-refractivity contribution in [2.45, 2.75) is 25.9 Å². The summed E-state index contributed by atoms with van der Waals surface area (Å²) in [6.45, 7) is 2.02. The molecule has 3 N–H and O–H groups in total. The first-order chi connectivity index (χ1) is 8.69. The van der Waals surface area contributed by atoms with Gasteiger partial charge in [-0.05, 0) is 36.5 Å². The van der Waals surface area contributed by atoms with Crippen LogP contribution in [0.2, 0.25) is 0 Å². The lowest BCUT2D eigenvalue weighted by atomic mass is 9.93. The number of carbonyl (C=O) groups excluding carboxylic acids is 1. The van der Waals surface area contributed by atoms with Crippen molar-refractivity contribution in [2.75, 3.05) is 18.0 Å². The van der Waals surface area contributed by atoms with Crippen molar-refractivity contribution in [3.05, 3.63) is 29.8 Å². The van der Waals surface area contributed by atoms with Crippen LogP contribution in [0.15, 0.2) is 24.3 Å². The largest absolute Gasteiger partial charge is 0.392 e. The monoisotopic (exact) mass is 248 g/mol. The van der Waals surface area contributed by atoms with Gasteiger partial charge in [-0.1, -0.05) is 12.1 Å². The SMILES string of the molecule is NC(=O)CC1CCN(c2ccc(CO)cc2)CC1. The second kappa shape index (κ2) is 5.87. The van der Waals surface area contributed by atoms with Crippen molar-refractivity contribution in [1.82, 2.24) is 0 Å². The molecule has 4 heteroatoms. The number of hydrogen-bond donors (Lipinski definition) is 2. The molecule has 1 saturated heterocycles. The van der Waals surface area contributed by atoms with E-state index < -0.39 is 0 Å². The molecule has 1 aromatic rings. The fraction of sp³-hybridized carbons (Fsp3) is 0.500. The number of anilines is 1. The summed E-state index contributed by atoms with van der Waals surface area (Å²) in [6, 6.07) is 7.98. The first-order valence-electron chi connectivity index (χ1n) is 6.42. The highest BCUT2D eigenvalue weighted by molar-refractivity contribution is 5.74. The van der Waals surface area contributed by atoms with E-state index in [0.29, 0.717) is 12.3 Å². The van der Waals surface area contributed by atoms with Crippen LogP contribution in [0.4, 0.5) is 5.69 Å². The average molecular weight is 248 g/mol. The predicted molar refractivity (Wildman–Crippen MR) is 71.1 cm³/mol. The van der Waals surface area contributed by atoms with E-state index in [2.05, 4.69) is 4.90 Å². The fourth-order valence-corrected chi connectivity index (χ4v) is 2.49. The Kier molecular flexibility index (Phi) is 4.20.